The van der Waals surface area contributed by atoms with E-state index >= 15 is 0 Å². The zero-order valence-electron chi connectivity index (χ0n) is 25.0. The second kappa shape index (κ2) is 14.3. The highest BCUT2D eigenvalue weighted by Crippen LogP contribution is 2.29. The topological polar surface area (TPSA) is 86.8 Å². The van der Waals surface area contributed by atoms with Crippen LogP contribution >= 0.6 is 0 Å². The molecule has 0 saturated carbocycles. The summed E-state index contributed by atoms with van der Waals surface area (Å²) in [7, 11) is -3.82. The van der Waals surface area contributed by atoms with E-state index in [1.165, 1.54) is 9.21 Å². The normalized spacial score (nSPS) is 12.3. The van der Waals surface area contributed by atoms with Gasteiger partial charge in [-0.15, -0.1) is 0 Å². The van der Waals surface area contributed by atoms with Crippen LogP contribution in [0.2, 0.25) is 0 Å². The SMILES string of the molecule is Cc1cccc(CN(C(=O)CN(c2ccccc2C(C)C)S(C)(=O)=O)[C@H](Cc2ccccc2)C(=O)NCC(C)C)c1. The summed E-state index contributed by atoms with van der Waals surface area (Å²) in [5.41, 5.74) is 4.09. The van der Waals surface area contributed by atoms with Crippen LogP contribution in [-0.4, -0.2) is 50.5 Å². The van der Waals surface area contributed by atoms with Crippen LogP contribution < -0.4 is 9.62 Å². The minimum Gasteiger partial charge on any atom is -0.354 e. The van der Waals surface area contributed by atoms with E-state index in [4.69, 9.17) is 0 Å². The lowest BCUT2D eigenvalue weighted by atomic mass is 10.0. The van der Waals surface area contributed by atoms with E-state index < -0.39 is 28.5 Å². The molecule has 7 nitrogen and oxygen atoms in total. The summed E-state index contributed by atoms with van der Waals surface area (Å²) in [5, 5.41) is 3.01. The van der Waals surface area contributed by atoms with Crippen molar-refractivity contribution in [1.29, 1.82) is 0 Å². The molecule has 0 aromatic heterocycles. The molecule has 1 atom stereocenters. The van der Waals surface area contributed by atoms with Crippen LogP contribution in [-0.2, 0) is 32.6 Å². The number of benzene rings is 3. The van der Waals surface area contributed by atoms with Gasteiger partial charge in [-0.2, -0.15) is 0 Å². The van der Waals surface area contributed by atoms with Gasteiger partial charge in [0.2, 0.25) is 21.8 Å². The average molecular weight is 578 g/mol. The summed E-state index contributed by atoms with van der Waals surface area (Å²) < 4.78 is 27.4. The molecule has 0 bridgehead atoms. The van der Waals surface area contributed by atoms with Gasteiger partial charge in [-0.3, -0.25) is 13.9 Å². The first kappa shape index (κ1) is 31.9. The number of rotatable bonds is 13. The molecule has 1 N–H and O–H groups in total. The standard InChI is InChI=1S/C33H43N3O4S/c1-24(2)21-34-33(38)31(20-27-14-8-7-9-15-27)35(22-28-16-12-13-26(5)19-28)32(37)23-36(41(6,39)40)30-18-11-10-17-29(30)25(3)4/h7-19,24-25,31H,20-23H2,1-6H3,(H,34,38)/t31-/m1/s1. The molecule has 0 spiro atoms. The summed E-state index contributed by atoms with van der Waals surface area (Å²) in [6, 6.07) is 23.8. The molecular weight excluding hydrogens is 534 g/mol. The Bertz CT molecular complexity index is 1420. The molecule has 0 unspecified atom stereocenters. The fraction of sp³-hybridized carbons (Fsp3) is 0.394. The first-order valence-electron chi connectivity index (χ1n) is 14.1. The van der Waals surface area contributed by atoms with E-state index in [1.807, 2.05) is 101 Å². The van der Waals surface area contributed by atoms with Gasteiger partial charge in [-0.05, 0) is 41.5 Å². The summed E-state index contributed by atoms with van der Waals surface area (Å²) in [6.07, 6.45) is 1.41. The number of carbonyl (C=O) groups is 2. The van der Waals surface area contributed by atoms with E-state index in [9.17, 15) is 18.0 Å². The molecule has 0 fully saturated rings. The molecule has 0 heterocycles. The molecule has 0 aliphatic heterocycles. The summed E-state index contributed by atoms with van der Waals surface area (Å²) in [6.45, 7) is 10.2. The lowest BCUT2D eigenvalue weighted by molar-refractivity contribution is -0.140. The predicted molar refractivity (Wildman–Crippen MR) is 166 cm³/mol. The van der Waals surface area contributed by atoms with Crippen LogP contribution in [0.1, 0.15) is 55.9 Å². The molecule has 220 valence electrons. The summed E-state index contributed by atoms with van der Waals surface area (Å²) in [4.78, 5) is 29.5. The lowest BCUT2D eigenvalue weighted by Gasteiger charge is -2.34. The van der Waals surface area contributed by atoms with Gasteiger partial charge in [0, 0.05) is 19.5 Å². The third kappa shape index (κ3) is 9.18. The van der Waals surface area contributed by atoms with E-state index in [0.29, 0.717) is 18.7 Å². The highest BCUT2D eigenvalue weighted by atomic mass is 32.2. The Balaban J connectivity index is 2.09. The van der Waals surface area contributed by atoms with Gasteiger partial charge in [-0.25, -0.2) is 8.42 Å². The second-order valence-electron chi connectivity index (χ2n) is 11.3. The maximum atomic E-state index is 14.3. The van der Waals surface area contributed by atoms with E-state index in [1.54, 1.807) is 12.1 Å². The number of amides is 2. The highest BCUT2D eigenvalue weighted by Gasteiger charge is 2.33. The molecule has 3 rings (SSSR count). The smallest absolute Gasteiger partial charge is 0.244 e. The maximum absolute atomic E-state index is 14.3. The Hall–Kier alpha value is -3.65. The molecule has 0 saturated heterocycles. The quantitative estimate of drug-likeness (QED) is 0.299. The number of hydrogen-bond donors (Lipinski definition) is 1. The fourth-order valence-electron chi connectivity index (χ4n) is 4.78. The molecule has 8 heteroatoms. The number of nitrogens with zero attached hydrogens (tertiary/aromatic N) is 2. The van der Waals surface area contributed by atoms with Crippen molar-refractivity contribution in [2.75, 3.05) is 23.7 Å². The Morgan fingerprint density at radius 2 is 1.49 bits per heavy atom. The number of sulfonamides is 1. The first-order valence-corrected chi connectivity index (χ1v) is 15.9. The molecule has 0 aliphatic carbocycles. The van der Waals surface area contributed by atoms with Gasteiger partial charge in [0.1, 0.15) is 12.6 Å². The second-order valence-corrected chi connectivity index (χ2v) is 13.2. The van der Waals surface area contributed by atoms with Crippen molar-refractivity contribution >= 4 is 27.5 Å². The monoisotopic (exact) mass is 577 g/mol. The van der Waals surface area contributed by atoms with Crippen molar-refractivity contribution in [3.63, 3.8) is 0 Å². The van der Waals surface area contributed by atoms with E-state index in [2.05, 4.69) is 5.32 Å². The predicted octanol–water partition coefficient (Wildman–Crippen LogP) is 5.30. The Morgan fingerprint density at radius 1 is 0.854 bits per heavy atom. The number of aryl methyl sites for hydroxylation is 1. The number of para-hydroxylation sites is 1. The van der Waals surface area contributed by atoms with Crippen LogP contribution in [0.3, 0.4) is 0 Å². The van der Waals surface area contributed by atoms with Crippen molar-refractivity contribution in [1.82, 2.24) is 10.2 Å². The molecule has 0 radical (unpaired) electrons. The molecule has 3 aromatic carbocycles. The van der Waals surface area contributed by atoms with Crippen LogP contribution in [0.5, 0.6) is 0 Å². The summed E-state index contributed by atoms with van der Waals surface area (Å²) in [5.74, 6) is -0.444. The van der Waals surface area contributed by atoms with Crippen molar-refractivity contribution in [2.45, 2.75) is 59.5 Å². The first-order chi connectivity index (χ1) is 19.4. The maximum Gasteiger partial charge on any atom is 0.244 e. The number of anilines is 1. The van der Waals surface area contributed by atoms with Crippen LogP contribution in [0.25, 0.3) is 0 Å². The minimum atomic E-state index is -3.82. The van der Waals surface area contributed by atoms with Crippen LogP contribution in [0.15, 0.2) is 78.9 Å². The number of hydrogen-bond acceptors (Lipinski definition) is 4. The highest BCUT2D eigenvalue weighted by molar-refractivity contribution is 7.92. The molecule has 0 aliphatic rings. The largest absolute Gasteiger partial charge is 0.354 e. The zero-order chi connectivity index (χ0) is 30.2. The third-order valence-corrected chi connectivity index (χ3v) is 8.02. The van der Waals surface area contributed by atoms with Crippen molar-refractivity contribution in [3.8, 4) is 0 Å². The van der Waals surface area contributed by atoms with Gasteiger partial charge < -0.3 is 10.2 Å². The third-order valence-electron chi connectivity index (χ3n) is 6.90. The fourth-order valence-corrected chi connectivity index (χ4v) is 5.65. The summed E-state index contributed by atoms with van der Waals surface area (Å²) >= 11 is 0. The zero-order valence-corrected chi connectivity index (χ0v) is 25.8. The Kier molecular flexibility index (Phi) is 11.1. The van der Waals surface area contributed by atoms with Crippen molar-refractivity contribution < 1.29 is 18.0 Å². The Labute approximate surface area is 245 Å². The molecule has 41 heavy (non-hydrogen) atoms. The molecular formula is C33H43N3O4S. The van der Waals surface area contributed by atoms with Gasteiger partial charge in [-0.1, -0.05) is 106 Å². The van der Waals surface area contributed by atoms with Gasteiger partial charge in [0.05, 0.1) is 11.9 Å². The van der Waals surface area contributed by atoms with Crippen molar-refractivity contribution in [2.24, 2.45) is 5.92 Å². The van der Waals surface area contributed by atoms with E-state index in [-0.39, 0.29) is 24.3 Å². The van der Waals surface area contributed by atoms with Gasteiger partial charge >= 0.3 is 0 Å². The minimum absolute atomic E-state index is 0.0431. The van der Waals surface area contributed by atoms with Gasteiger partial charge in [0.25, 0.3) is 0 Å². The van der Waals surface area contributed by atoms with Crippen LogP contribution in [0, 0.1) is 12.8 Å². The lowest BCUT2D eigenvalue weighted by Crippen LogP contribution is -2.53. The Morgan fingerprint density at radius 3 is 2.10 bits per heavy atom. The average Bonchev–Trinajstić information content (AvgIpc) is 2.92. The van der Waals surface area contributed by atoms with Gasteiger partial charge in [0.15, 0.2) is 0 Å². The number of carbonyl (C=O) groups excluding carboxylic acids is 2. The molecule has 2 amide bonds. The van der Waals surface area contributed by atoms with E-state index in [0.717, 1.165) is 28.5 Å². The molecule has 3 aromatic rings. The van der Waals surface area contributed by atoms with Crippen molar-refractivity contribution in [3.05, 3.63) is 101 Å². The van der Waals surface area contributed by atoms with Crippen LogP contribution in [0.4, 0.5) is 5.69 Å². The number of nitrogens with one attached hydrogen (secondary N) is 1.